The van der Waals surface area contributed by atoms with Gasteiger partial charge in [-0.15, -0.1) is 12.4 Å². The van der Waals surface area contributed by atoms with E-state index in [9.17, 15) is 0 Å². The van der Waals surface area contributed by atoms with Gasteiger partial charge in [-0.1, -0.05) is 18.2 Å². The second kappa shape index (κ2) is 6.88. The van der Waals surface area contributed by atoms with E-state index in [0.29, 0.717) is 6.04 Å². The maximum Gasteiger partial charge on any atom is 0.0769 e. The van der Waals surface area contributed by atoms with Crippen molar-refractivity contribution >= 4 is 12.4 Å². The number of halogens is 1. The monoisotopic (exact) mass is 292 g/mol. The third kappa shape index (κ3) is 3.39. The second-order valence-corrected chi connectivity index (χ2v) is 5.11. The molecule has 0 spiro atoms. The summed E-state index contributed by atoms with van der Waals surface area (Å²) < 4.78 is 1.95. The van der Waals surface area contributed by atoms with Crippen LogP contribution >= 0.6 is 12.4 Å². The highest BCUT2D eigenvalue weighted by molar-refractivity contribution is 5.85. The van der Waals surface area contributed by atoms with Crippen molar-refractivity contribution in [1.29, 1.82) is 0 Å². The first kappa shape index (κ1) is 15.0. The molecule has 0 bridgehead atoms. The lowest BCUT2D eigenvalue weighted by molar-refractivity contribution is 0.163. The Bertz CT molecular complexity index is 526. The Kier molecular flexibility index (Phi) is 5.17. The molecule has 2 heterocycles. The van der Waals surface area contributed by atoms with E-state index in [1.54, 1.807) is 0 Å². The van der Waals surface area contributed by atoms with Crippen LogP contribution in [0.4, 0.5) is 0 Å². The van der Waals surface area contributed by atoms with E-state index < -0.39 is 0 Å². The zero-order valence-electron chi connectivity index (χ0n) is 11.7. The minimum atomic E-state index is 0. The van der Waals surface area contributed by atoms with Gasteiger partial charge in [-0.2, -0.15) is 5.10 Å². The molecule has 0 amide bonds. The highest BCUT2D eigenvalue weighted by Crippen LogP contribution is 2.11. The SMILES string of the molecule is C[C@@H]1CNCCN1Cc1ccn(-c2ccccc2)n1.Cl. The van der Waals surface area contributed by atoms with Crippen molar-refractivity contribution < 1.29 is 0 Å². The van der Waals surface area contributed by atoms with Crippen LogP contribution in [0.25, 0.3) is 5.69 Å². The van der Waals surface area contributed by atoms with E-state index in [0.717, 1.165) is 37.6 Å². The molecule has 3 rings (SSSR count). The van der Waals surface area contributed by atoms with Crippen LogP contribution in [-0.2, 0) is 6.54 Å². The van der Waals surface area contributed by atoms with Gasteiger partial charge in [-0.05, 0) is 25.1 Å². The fourth-order valence-corrected chi connectivity index (χ4v) is 2.50. The van der Waals surface area contributed by atoms with Gasteiger partial charge >= 0.3 is 0 Å². The van der Waals surface area contributed by atoms with E-state index >= 15 is 0 Å². The maximum absolute atomic E-state index is 4.66. The van der Waals surface area contributed by atoms with Gasteiger partial charge in [0.05, 0.1) is 11.4 Å². The molecule has 1 aliphatic rings. The standard InChI is InChI=1S/C15H20N4.ClH/c1-13-11-16-8-10-18(13)12-14-7-9-19(17-14)15-5-3-2-4-6-15;/h2-7,9,13,16H,8,10-12H2,1H3;1H/t13-;/m1./s1. The van der Waals surface area contributed by atoms with Gasteiger partial charge in [0.2, 0.25) is 0 Å². The molecule has 1 aliphatic heterocycles. The summed E-state index contributed by atoms with van der Waals surface area (Å²) in [6.07, 6.45) is 2.04. The Labute approximate surface area is 126 Å². The Morgan fingerprint density at radius 1 is 1.25 bits per heavy atom. The fourth-order valence-electron chi connectivity index (χ4n) is 2.50. The van der Waals surface area contributed by atoms with E-state index in [2.05, 4.69) is 40.4 Å². The smallest absolute Gasteiger partial charge is 0.0769 e. The lowest BCUT2D eigenvalue weighted by atomic mass is 10.2. The first-order valence-corrected chi connectivity index (χ1v) is 6.88. The third-order valence-electron chi connectivity index (χ3n) is 3.67. The van der Waals surface area contributed by atoms with Gasteiger partial charge in [0.15, 0.2) is 0 Å². The van der Waals surface area contributed by atoms with Crippen molar-refractivity contribution in [3.05, 3.63) is 48.3 Å². The van der Waals surface area contributed by atoms with Crippen molar-refractivity contribution in [1.82, 2.24) is 20.0 Å². The summed E-state index contributed by atoms with van der Waals surface area (Å²) in [5.41, 5.74) is 2.25. The van der Waals surface area contributed by atoms with Gasteiger partial charge in [-0.3, -0.25) is 4.90 Å². The summed E-state index contributed by atoms with van der Waals surface area (Å²) in [6, 6.07) is 12.9. The Hall–Kier alpha value is -1.36. The molecular weight excluding hydrogens is 272 g/mol. The average molecular weight is 293 g/mol. The van der Waals surface area contributed by atoms with E-state index in [1.807, 2.05) is 29.1 Å². The first-order chi connectivity index (χ1) is 9.33. The van der Waals surface area contributed by atoms with Crippen molar-refractivity contribution in [2.75, 3.05) is 19.6 Å². The third-order valence-corrected chi connectivity index (χ3v) is 3.67. The van der Waals surface area contributed by atoms with Crippen LogP contribution in [0, 0.1) is 0 Å². The summed E-state index contributed by atoms with van der Waals surface area (Å²) >= 11 is 0. The van der Waals surface area contributed by atoms with E-state index in [4.69, 9.17) is 0 Å². The largest absolute Gasteiger partial charge is 0.314 e. The lowest BCUT2D eigenvalue weighted by Crippen LogP contribution is -2.49. The topological polar surface area (TPSA) is 33.1 Å². The Balaban J connectivity index is 0.00000147. The number of hydrogen-bond donors (Lipinski definition) is 1. The van der Waals surface area contributed by atoms with Crippen molar-refractivity contribution in [3.63, 3.8) is 0 Å². The van der Waals surface area contributed by atoms with E-state index in [-0.39, 0.29) is 12.4 Å². The Morgan fingerprint density at radius 3 is 2.80 bits per heavy atom. The summed E-state index contributed by atoms with van der Waals surface area (Å²) in [7, 11) is 0. The number of aromatic nitrogens is 2. The maximum atomic E-state index is 4.66. The van der Waals surface area contributed by atoms with Crippen LogP contribution in [0.5, 0.6) is 0 Å². The van der Waals surface area contributed by atoms with Crippen molar-refractivity contribution in [2.45, 2.75) is 19.5 Å². The zero-order chi connectivity index (χ0) is 13.1. The number of hydrogen-bond acceptors (Lipinski definition) is 3. The zero-order valence-corrected chi connectivity index (χ0v) is 12.5. The summed E-state index contributed by atoms with van der Waals surface area (Å²) in [4.78, 5) is 2.48. The van der Waals surface area contributed by atoms with Crippen LogP contribution in [0.3, 0.4) is 0 Å². The fraction of sp³-hybridized carbons (Fsp3) is 0.400. The molecule has 5 heteroatoms. The van der Waals surface area contributed by atoms with Gasteiger partial charge < -0.3 is 5.32 Å². The molecule has 1 saturated heterocycles. The summed E-state index contributed by atoms with van der Waals surface area (Å²) in [5.74, 6) is 0. The highest BCUT2D eigenvalue weighted by atomic mass is 35.5. The molecule has 1 N–H and O–H groups in total. The summed E-state index contributed by atoms with van der Waals surface area (Å²) in [6.45, 7) is 6.44. The first-order valence-electron chi connectivity index (χ1n) is 6.88. The normalized spacial score (nSPS) is 19.6. The molecule has 0 radical (unpaired) electrons. The molecule has 1 aromatic carbocycles. The molecule has 4 nitrogen and oxygen atoms in total. The van der Waals surface area contributed by atoms with Gasteiger partial charge in [0, 0.05) is 38.4 Å². The molecule has 1 fully saturated rings. The molecule has 0 aliphatic carbocycles. The van der Waals surface area contributed by atoms with Gasteiger partial charge in [-0.25, -0.2) is 4.68 Å². The molecular formula is C15H21ClN4. The number of nitrogens with zero attached hydrogens (tertiary/aromatic N) is 3. The molecule has 108 valence electrons. The lowest BCUT2D eigenvalue weighted by Gasteiger charge is -2.33. The molecule has 0 saturated carbocycles. The number of para-hydroxylation sites is 1. The van der Waals surface area contributed by atoms with Crippen molar-refractivity contribution in [3.8, 4) is 5.69 Å². The molecule has 0 unspecified atom stereocenters. The van der Waals surface area contributed by atoms with E-state index in [1.165, 1.54) is 0 Å². The Morgan fingerprint density at radius 2 is 2.05 bits per heavy atom. The van der Waals surface area contributed by atoms with Gasteiger partial charge in [0.1, 0.15) is 0 Å². The average Bonchev–Trinajstić information content (AvgIpc) is 2.91. The highest BCUT2D eigenvalue weighted by Gasteiger charge is 2.18. The molecule has 1 atom stereocenters. The van der Waals surface area contributed by atoms with Crippen LogP contribution in [0.15, 0.2) is 42.6 Å². The number of rotatable bonds is 3. The van der Waals surface area contributed by atoms with Gasteiger partial charge in [0.25, 0.3) is 0 Å². The summed E-state index contributed by atoms with van der Waals surface area (Å²) in [5, 5.41) is 8.08. The molecule has 1 aromatic heterocycles. The van der Waals surface area contributed by atoms with Crippen molar-refractivity contribution in [2.24, 2.45) is 0 Å². The van der Waals surface area contributed by atoms with Crippen LogP contribution in [-0.4, -0.2) is 40.4 Å². The van der Waals surface area contributed by atoms with Crippen LogP contribution in [0.2, 0.25) is 0 Å². The van der Waals surface area contributed by atoms with Crippen LogP contribution in [0.1, 0.15) is 12.6 Å². The second-order valence-electron chi connectivity index (χ2n) is 5.11. The predicted molar refractivity (Wildman–Crippen MR) is 83.6 cm³/mol. The minimum absolute atomic E-state index is 0. The molecule has 2 aromatic rings. The van der Waals surface area contributed by atoms with Crippen LogP contribution < -0.4 is 5.32 Å². The number of piperazine rings is 1. The number of nitrogens with one attached hydrogen (secondary N) is 1. The quantitative estimate of drug-likeness (QED) is 0.940. The number of benzene rings is 1. The minimum Gasteiger partial charge on any atom is -0.314 e. The molecule has 20 heavy (non-hydrogen) atoms. The predicted octanol–water partition coefficient (Wildman–Crippen LogP) is 2.09.